The zero-order valence-electron chi connectivity index (χ0n) is 79.8. The molecule has 0 amide bonds. The first-order chi connectivity index (χ1) is 73.3. The number of fused-ring (bicyclic) bond motifs is 37. The fourth-order valence-corrected chi connectivity index (χ4v) is 27.6. The van der Waals surface area contributed by atoms with Crippen LogP contribution < -0.4 is 0 Å². The molecule has 0 aliphatic heterocycles. The Labute approximate surface area is 863 Å². The van der Waals surface area contributed by atoms with E-state index in [1.54, 1.807) is 37.2 Å². The van der Waals surface area contributed by atoms with Gasteiger partial charge in [-0.1, -0.05) is 364 Å². The molecule has 0 unspecified atom stereocenters. The predicted molar refractivity (Wildman–Crippen MR) is 628 cm³/mol. The van der Waals surface area contributed by atoms with Crippen molar-refractivity contribution >= 4 is 192 Å². The van der Waals surface area contributed by atoms with Gasteiger partial charge in [-0.15, -0.1) is 34.0 Å². The van der Waals surface area contributed by atoms with E-state index in [9.17, 15) is 0 Å². The molecule has 0 bridgehead atoms. The maximum Gasteiger partial charge on any atom is 0.0971 e. The quantitative estimate of drug-likeness (QED) is 0.134. The lowest BCUT2D eigenvalue weighted by Crippen LogP contribution is -2.26. The van der Waals surface area contributed by atoms with Crippen molar-refractivity contribution < 1.29 is 0 Å². The van der Waals surface area contributed by atoms with Crippen LogP contribution in [0, 0.1) is 0 Å². The fourth-order valence-electron chi connectivity index (χ4n) is 24.1. The molecule has 148 heavy (non-hydrogen) atoms. The molecule has 6 heterocycles. The molecule has 1 spiro atoms. The fraction of sp³-hybridized carbons (Fsp3) is 0.00719. The van der Waals surface area contributed by atoms with E-state index in [1.165, 1.54) is 237 Å². The van der Waals surface area contributed by atoms with Crippen molar-refractivity contribution in [3.63, 3.8) is 0 Å². The summed E-state index contributed by atoms with van der Waals surface area (Å²) in [6.07, 6.45) is 10.7. The van der Waals surface area contributed by atoms with E-state index >= 15 is 0 Å². The Kier molecular flexibility index (Phi) is 19.8. The molecule has 0 radical (unpaired) electrons. The maximum absolute atomic E-state index is 4.82. The molecule has 2 aliphatic carbocycles. The van der Waals surface area contributed by atoms with Crippen LogP contribution in [0.4, 0.5) is 0 Å². The zero-order valence-corrected chi connectivity index (χ0v) is 82.2. The molecule has 686 valence electrons. The molecular formula is C139H82N6S3. The Morgan fingerprint density at radius 1 is 0.128 bits per heavy atom. The molecule has 0 atom stereocenters. The average Bonchev–Trinajstić information content (AvgIpc) is 1.50. The lowest BCUT2D eigenvalue weighted by Gasteiger charge is -2.31. The van der Waals surface area contributed by atoms with Crippen LogP contribution in [0.15, 0.2) is 498 Å². The van der Waals surface area contributed by atoms with E-state index in [0.29, 0.717) is 0 Å². The Morgan fingerprint density at radius 2 is 0.399 bits per heavy atom. The molecular weight excluding hydrogens is 1850 g/mol. The van der Waals surface area contributed by atoms with Gasteiger partial charge in [0, 0.05) is 136 Å². The smallest absolute Gasteiger partial charge is 0.0971 e. The summed E-state index contributed by atoms with van der Waals surface area (Å²) in [5.74, 6) is 0. The van der Waals surface area contributed by atoms with E-state index in [0.717, 1.165) is 65.4 Å². The van der Waals surface area contributed by atoms with Crippen molar-refractivity contribution in [2.75, 3.05) is 0 Å². The molecule has 24 aromatic carbocycles. The zero-order chi connectivity index (χ0) is 97.2. The number of nitrogens with zero attached hydrogens (tertiary/aromatic N) is 6. The van der Waals surface area contributed by atoms with Crippen molar-refractivity contribution in [2.24, 2.45) is 0 Å². The van der Waals surface area contributed by atoms with Crippen molar-refractivity contribution in [1.82, 2.24) is 29.9 Å². The summed E-state index contributed by atoms with van der Waals surface area (Å²) in [6, 6.07) is 170. The van der Waals surface area contributed by atoms with Crippen LogP contribution in [0.1, 0.15) is 22.3 Å². The molecule has 9 heteroatoms. The molecule has 0 saturated carbocycles. The van der Waals surface area contributed by atoms with Gasteiger partial charge < -0.3 is 0 Å². The van der Waals surface area contributed by atoms with E-state index in [-0.39, 0.29) is 0 Å². The van der Waals surface area contributed by atoms with Crippen LogP contribution in [0.2, 0.25) is 0 Å². The van der Waals surface area contributed by atoms with Gasteiger partial charge in [-0.2, -0.15) is 0 Å². The van der Waals surface area contributed by atoms with Gasteiger partial charge in [0.15, 0.2) is 0 Å². The van der Waals surface area contributed by atoms with Crippen LogP contribution in [-0.4, -0.2) is 29.9 Å². The van der Waals surface area contributed by atoms with Crippen LogP contribution in [0.3, 0.4) is 0 Å². The largest absolute Gasteiger partial charge is 0.252 e. The molecule has 6 nitrogen and oxygen atoms in total. The van der Waals surface area contributed by atoms with E-state index in [4.69, 9.17) is 24.9 Å². The van der Waals surface area contributed by atoms with Gasteiger partial charge in [-0.3, -0.25) is 29.9 Å². The minimum absolute atomic E-state index is 0.460. The summed E-state index contributed by atoms with van der Waals surface area (Å²) in [5, 5.41) is 21.8. The van der Waals surface area contributed by atoms with Crippen LogP contribution in [0.5, 0.6) is 0 Å². The normalized spacial score (nSPS) is 12.4. The number of aromatic nitrogens is 6. The highest BCUT2D eigenvalue weighted by molar-refractivity contribution is 7.27. The Balaban J connectivity index is 0.000000103. The molecule has 0 fully saturated rings. The first-order valence-corrected chi connectivity index (χ1v) is 52.7. The van der Waals surface area contributed by atoms with E-state index < -0.39 is 5.41 Å². The van der Waals surface area contributed by atoms with Gasteiger partial charge in [0.1, 0.15) is 0 Å². The SMILES string of the molecule is c1ccc(-c2ccc3sc4ccc(-c5cccc(-c6ccc7c(c6)c6ccccc6c6nccnc76)c5)cc4c3c2)cc1.c1ccc(-c2cccc3c2sc2c(-c4ccccc4)cc(-c4cccc(-c5ccc6c(c5)c5ccccc5c5nccnc65)c4)cc23)cc1.c1ccc2c(c1)-c1ccccc1C21c2cc(-c3ccc4sc5ccccc5c4c3)ccc2-c2ccc(-c3ccc4c(c3)c3ccccc3c3nccnc43)cc21. The number of benzene rings is 24. The minimum atomic E-state index is -0.460. The highest BCUT2D eigenvalue weighted by Gasteiger charge is 2.52. The lowest BCUT2D eigenvalue weighted by molar-refractivity contribution is 0.794. The third-order valence-electron chi connectivity index (χ3n) is 30.9. The van der Waals surface area contributed by atoms with E-state index in [1.807, 2.05) is 34.0 Å². The minimum Gasteiger partial charge on any atom is -0.252 e. The second-order valence-corrected chi connectivity index (χ2v) is 42.0. The van der Waals surface area contributed by atoms with Gasteiger partial charge >= 0.3 is 0 Å². The summed E-state index contributed by atoms with van der Waals surface area (Å²) in [4.78, 5) is 28.4. The van der Waals surface area contributed by atoms with Crippen molar-refractivity contribution in [3.8, 4) is 122 Å². The van der Waals surface area contributed by atoms with Gasteiger partial charge in [-0.05, 0) is 268 Å². The monoisotopic (exact) mass is 1930 g/mol. The van der Waals surface area contributed by atoms with Crippen molar-refractivity contribution in [3.05, 3.63) is 520 Å². The standard InChI is InChI=1S/C53H30N2S.C46H28N2S.C40H24N2S/c1-2-13-41-35(9-1)43-27-31(19-23-42(43)52-51(41)54-25-26-55-52)33-17-21-38-39-22-18-34(32-20-24-50-44(28-32)40-12-5-8-16-49(40)56-50)30-48(39)53(47(38)29-33)45-14-6-3-10-36(45)37-11-4-7-15-46(37)53;1-3-11-29(12-4-1)35-19-10-20-39-42-28-34(27-40(46(42)49-45(35)39)30-13-5-2-6-14-30)32-16-9-15-31(25-32)33-21-22-38-41(26-33)36-17-7-8-18-37(36)43-44(38)48-24-23-47-43;1-2-7-25(8-3-1)28-14-17-37-35(23-28)36-24-30(15-18-38(36)43-37)27-10-6-9-26(21-27)29-13-16-33-34(22-29)31-11-4-5-12-32(31)39-40(33)42-20-19-41-39/h1-30H;1-28H;1-24H. The summed E-state index contributed by atoms with van der Waals surface area (Å²) < 4.78 is 7.94. The highest BCUT2D eigenvalue weighted by Crippen LogP contribution is 2.64. The summed E-state index contributed by atoms with van der Waals surface area (Å²) in [7, 11) is 0. The van der Waals surface area contributed by atoms with Crippen LogP contribution in [-0.2, 0) is 5.41 Å². The van der Waals surface area contributed by atoms with E-state index in [2.05, 4.69) is 466 Å². The third-order valence-corrected chi connectivity index (χ3v) is 34.5. The Morgan fingerprint density at radius 3 is 0.838 bits per heavy atom. The number of hydrogen-bond acceptors (Lipinski definition) is 9. The first kappa shape index (κ1) is 85.1. The number of rotatable bonds is 9. The van der Waals surface area contributed by atoms with Gasteiger partial charge in [-0.25, -0.2) is 0 Å². The molecule has 30 aromatic rings. The number of thiophene rings is 3. The summed E-state index contributed by atoms with van der Waals surface area (Å²) >= 11 is 5.64. The molecule has 0 N–H and O–H groups in total. The van der Waals surface area contributed by atoms with Crippen LogP contribution >= 0.6 is 34.0 Å². The second-order valence-electron chi connectivity index (χ2n) is 38.8. The van der Waals surface area contributed by atoms with Gasteiger partial charge in [0.2, 0.25) is 0 Å². The van der Waals surface area contributed by atoms with Gasteiger partial charge in [0.25, 0.3) is 0 Å². The second kappa shape index (κ2) is 34.4. The molecule has 2 aliphatic rings. The Bertz CT molecular complexity index is 10700. The third kappa shape index (κ3) is 13.7. The Hall–Kier alpha value is -18.5. The molecule has 0 saturated heterocycles. The van der Waals surface area contributed by atoms with Gasteiger partial charge in [0.05, 0.1) is 38.5 Å². The highest BCUT2D eigenvalue weighted by atomic mass is 32.1. The average molecular weight is 1930 g/mol. The first-order valence-electron chi connectivity index (χ1n) is 50.3. The van der Waals surface area contributed by atoms with Crippen LogP contribution in [0.25, 0.3) is 281 Å². The summed E-state index contributed by atoms with van der Waals surface area (Å²) in [5.41, 5.74) is 37.9. The maximum atomic E-state index is 4.82. The van der Waals surface area contributed by atoms with Crippen molar-refractivity contribution in [1.29, 1.82) is 0 Å². The topological polar surface area (TPSA) is 77.3 Å². The number of hydrogen-bond donors (Lipinski definition) is 0. The van der Waals surface area contributed by atoms with Crippen molar-refractivity contribution in [2.45, 2.75) is 5.41 Å². The predicted octanol–water partition coefficient (Wildman–Crippen LogP) is 38.3. The summed E-state index contributed by atoms with van der Waals surface area (Å²) in [6.45, 7) is 0. The molecule has 32 rings (SSSR count). The molecule has 6 aromatic heterocycles. The lowest BCUT2D eigenvalue weighted by atomic mass is 9.70.